The fourth-order valence-corrected chi connectivity index (χ4v) is 9.22. The Labute approximate surface area is 177 Å². The van der Waals surface area contributed by atoms with Gasteiger partial charge >= 0.3 is 34.5 Å². The molecule has 0 saturated heterocycles. The average Bonchev–Trinajstić information content (AvgIpc) is 2.48. The summed E-state index contributed by atoms with van der Waals surface area (Å²) in [5.74, 6) is 0. The van der Waals surface area contributed by atoms with Crippen LogP contribution < -0.4 is 0 Å². The van der Waals surface area contributed by atoms with Gasteiger partial charge in [0.15, 0.2) is 0 Å². The van der Waals surface area contributed by atoms with Crippen LogP contribution in [0.5, 0.6) is 0 Å². The zero-order valence-electron chi connectivity index (χ0n) is 17.7. The van der Waals surface area contributed by atoms with Gasteiger partial charge in [-0.05, 0) is 68.2 Å². The first kappa shape index (κ1) is 31.7. The Balaban J connectivity index is -0.000000334. The number of hydrogen-bond acceptors (Lipinski definition) is 0. The van der Waals surface area contributed by atoms with E-state index in [4.69, 9.17) is 30.8 Å². The van der Waals surface area contributed by atoms with Gasteiger partial charge in [0.1, 0.15) is 0 Å². The van der Waals surface area contributed by atoms with Crippen LogP contribution >= 0.6 is 35.2 Å². The molecule has 0 atom stereocenters. The van der Waals surface area contributed by atoms with Gasteiger partial charge in [0, 0.05) is 15.8 Å². The van der Waals surface area contributed by atoms with E-state index in [1.54, 1.807) is 0 Å². The van der Waals surface area contributed by atoms with Crippen molar-refractivity contribution in [3.63, 3.8) is 0 Å². The van der Waals surface area contributed by atoms with Crippen LogP contribution in [0.2, 0.25) is 0 Å². The number of rotatable bonds is 10. The Bertz CT molecular complexity index is 219. The van der Waals surface area contributed by atoms with Crippen molar-refractivity contribution in [2.75, 3.05) is 25.4 Å². The van der Waals surface area contributed by atoms with Crippen molar-refractivity contribution in [2.24, 2.45) is 0 Å². The van der Waals surface area contributed by atoms with Crippen LogP contribution in [-0.4, -0.2) is 48.0 Å². The standard InChI is InChI=1S/2C9H21NP.2ClH.Ru/c2*1-8(2)11(9(3)4)7-5-6-10;;;/h2*8-10H,5-7H2,1-4H3;2*1H;/q2*-1;;;+4. The molecule has 0 heterocycles. The van der Waals surface area contributed by atoms with Gasteiger partial charge < -0.3 is 11.5 Å². The maximum atomic E-state index is 7.09. The van der Waals surface area contributed by atoms with Crippen LogP contribution in [0.1, 0.15) is 68.2 Å². The first-order valence-electron chi connectivity index (χ1n) is 9.45. The summed E-state index contributed by atoms with van der Waals surface area (Å²) in [6.07, 6.45) is 4.91. The van der Waals surface area contributed by atoms with E-state index in [1.807, 2.05) is 0 Å². The van der Waals surface area contributed by atoms with Crippen LogP contribution in [0.3, 0.4) is 0 Å². The molecule has 0 aromatic rings. The van der Waals surface area contributed by atoms with Gasteiger partial charge in [-0.3, -0.25) is 0 Å². The van der Waals surface area contributed by atoms with Crippen molar-refractivity contribution >= 4 is 35.2 Å². The van der Waals surface area contributed by atoms with Gasteiger partial charge in [-0.15, -0.1) is 13.1 Å². The molecule has 0 fully saturated rings. The van der Waals surface area contributed by atoms with E-state index in [9.17, 15) is 0 Å². The first-order chi connectivity index (χ1) is 11.6. The molecule has 2 nitrogen and oxygen atoms in total. The second kappa shape index (κ2) is 22.3. The second-order valence-corrected chi connectivity index (χ2v) is 18.1. The number of nitrogens with one attached hydrogen (secondary N) is 2. The molecule has 0 saturated carbocycles. The molecule has 25 heavy (non-hydrogen) atoms. The molecule has 2 N–H and O–H groups in total. The van der Waals surface area contributed by atoms with E-state index in [0.29, 0.717) is 13.1 Å². The zero-order valence-corrected chi connectivity index (χ0v) is 22.9. The Kier molecular flexibility index (Phi) is 28.2. The van der Waals surface area contributed by atoms with Crippen molar-refractivity contribution < 1.29 is 15.1 Å². The van der Waals surface area contributed by atoms with Crippen LogP contribution in [0.4, 0.5) is 0 Å². The van der Waals surface area contributed by atoms with Crippen LogP contribution in [0.25, 0.3) is 11.5 Å². The zero-order chi connectivity index (χ0) is 20.4. The van der Waals surface area contributed by atoms with Gasteiger partial charge in [-0.2, -0.15) is 0 Å². The van der Waals surface area contributed by atoms with Crippen LogP contribution in [0, 0.1) is 0 Å². The maximum absolute atomic E-state index is 7.09. The molecule has 0 aliphatic heterocycles. The molecule has 0 aromatic carbocycles. The fourth-order valence-electron chi connectivity index (χ4n) is 3.07. The van der Waals surface area contributed by atoms with Crippen molar-refractivity contribution in [3.8, 4) is 0 Å². The van der Waals surface area contributed by atoms with Gasteiger partial charge in [-0.1, -0.05) is 0 Å². The SMILES string of the molecule is CC(C)[PH+](CCC[NH-])C(C)C.CC(C)[PH+](CCC[NH-])C(C)C.[Cl][Ru+2][Cl]. The molecule has 0 aromatic heterocycles. The van der Waals surface area contributed by atoms with E-state index in [0.717, 1.165) is 35.5 Å². The summed E-state index contributed by atoms with van der Waals surface area (Å²) in [7, 11) is 9.39. The summed E-state index contributed by atoms with van der Waals surface area (Å²) in [4.78, 5) is 0. The molecule has 0 aliphatic rings. The fraction of sp³-hybridized carbons (Fsp3) is 1.00. The molecule has 0 radical (unpaired) electrons. The predicted molar refractivity (Wildman–Crippen MR) is 126 cm³/mol. The van der Waals surface area contributed by atoms with E-state index >= 15 is 0 Å². The monoisotopic (exact) mass is 522 g/mol. The molecular weight excluding hydrogens is 478 g/mol. The van der Waals surface area contributed by atoms with Crippen molar-refractivity contribution in [2.45, 2.75) is 90.9 Å². The minimum atomic E-state index is -0.346. The Hall–Kier alpha value is 1.98. The second-order valence-electron chi connectivity index (χ2n) is 7.53. The van der Waals surface area contributed by atoms with E-state index < -0.39 is 0 Å². The molecule has 0 unspecified atom stereocenters. The molecule has 0 spiro atoms. The summed E-state index contributed by atoms with van der Waals surface area (Å²) < 4.78 is 0. The Morgan fingerprint density at radius 2 is 0.840 bits per heavy atom. The summed E-state index contributed by atoms with van der Waals surface area (Å²) in [5.41, 5.74) is 17.7. The summed E-state index contributed by atoms with van der Waals surface area (Å²) in [5, 5.41) is 0. The minimum absolute atomic E-state index is 0.161. The van der Waals surface area contributed by atoms with Gasteiger partial charge in [-0.25, -0.2) is 0 Å². The van der Waals surface area contributed by atoms with E-state index in [2.05, 4.69) is 55.4 Å². The van der Waals surface area contributed by atoms with E-state index in [-0.39, 0.29) is 31.0 Å². The summed E-state index contributed by atoms with van der Waals surface area (Å²) in [6.45, 7) is 19.9. The molecule has 156 valence electrons. The Morgan fingerprint density at radius 1 is 0.640 bits per heavy atom. The average molecular weight is 522 g/mol. The van der Waals surface area contributed by atoms with Gasteiger partial charge in [0.2, 0.25) is 0 Å². The number of hydrogen-bond donors (Lipinski definition) is 0. The molecule has 0 amide bonds. The molecule has 7 heteroatoms. The molecule has 0 bridgehead atoms. The quantitative estimate of drug-likeness (QED) is 0.205. The molecular formula is C18H44Cl2N2P2Ru+2. The summed E-state index contributed by atoms with van der Waals surface area (Å²) in [6, 6.07) is 0. The van der Waals surface area contributed by atoms with Crippen molar-refractivity contribution in [1.82, 2.24) is 0 Å². The van der Waals surface area contributed by atoms with Crippen LogP contribution in [-0.2, 0) is 15.1 Å². The third kappa shape index (κ3) is 22.1. The van der Waals surface area contributed by atoms with E-state index in [1.165, 1.54) is 12.3 Å². The normalized spacial score (nSPS) is 11.3. The van der Waals surface area contributed by atoms with Gasteiger partial charge in [0.05, 0.1) is 35.0 Å². The molecule has 0 rings (SSSR count). The third-order valence-corrected chi connectivity index (χ3v) is 12.0. The van der Waals surface area contributed by atoms with Crippen molar-refractivity contribution in [3.05, 3.63) is 11.5 Å². The van der Waals surface area contributed by atoms with Gasteiger partial charge in [0.25, 0.3) is 0 Å². The first-order valence-corrected chi connectivity index (χ1v) is 17.7. The topological polar surface area (TPSA) is 47.6 Å². The summed E-state index contributed by atoms with van der Waals surface area (Å²) >= 11 is -0.346. The molecule has 0 aliphatic carbocycles. The van der Waals surface area contributed by atoms with Crippen molar-refractivity contribution in [1.29, 1.82) is 0 Å². The Morgan fingerprint density at radius 3 is 0.960 bits per heavy atom. The predicted octanol–water partition coefficient (Wildman–Crippen LogP) is 8.30. The third-order valence-electron chi connectivity index (χ3n) is 4.25. The number of halogens is 2. The van der Waals surface area contributed by atoms with Crippen LogP contribution in [0.15, 0.2) is 0 Å².